The molecule has 4 rings (SSSR count). The van der Waals surface area contributed by atoms with Gasteiger partial charge in [-0.25, -0.2) is 9.78 Å². The molecule has 0 aliphatic carbocycles. The number of urea groups is 1. The van der Waals surface area contributed by atoms with Gasteiger partial charge in [0.25, 0.3) is 0 Å². The molecule has 6 nitrogen and oxygen atoms in total. The number of aromatic nitrogens is 1. The normalized spacial score (nSPS) is 14.7. The Morgan fingerprint density at radius 3 is 2.47 bits per heavy atom. The summed E-state index contributed by atoms with van der Waals surface area (Å²) in [4.78, 5) is 21.4. The topological polar surface area (TPSA) is 61.6 Å². The minimum atomic E-state index is -0.0866. The van der Waals surface area contributed by atoms with E-state index in [1.165, 1.54) is 0 Å². The number of carbonyl (C=O) groups is 1. The van der Waals surface area contributed by atoms with E-state index in [4.69, 9.17) is 21.0 Å². The van der Waals surface area contributed by atoms with Crippen molar-refractivity contribution in [3.63, 3.8) is 0 Å². The van der Waals surface area contributed by atoms with Gasteiger partial charge in [-0.1, -0.05) is 29.8 Å². The Balaban J connectivity index is 1.33. The maximum atomic E-state index is 12.5. The lowest BCUT2D eigenvalue weighted by Crippen LogP contribution is -2.49. The van der Waals surface area contributed by atoms with Crippen molar-refractivity contribution in [1.29, 1.82) is 0 Å². The Morgan fingerprint density at radius 2 is 1.77 bits per heavy atom. The van der Waals surface area contributed by atoms with E-state index >= 15 is 0 Å². The van der Waals surface area contributed by atoms with Crippen LogP contribution in [0.2, 0.25) is 5.02 Å². The molecule has 1 aliphatic rings. The third kappa shape index (κ3) is 4.66. The van der Waals surface area contributed by atoms with Gasteiger partial charge in [-0.2, -0.15) is 0 Å². The van der Waals surface area contributed by atoms with Crippen molar-refractivity contribution in [2.24, 2.45) is 0 Å². The summed E-state index contributed by atoms with van der Waals surface area (Å²) in [5.74, 6) is 1.51. The molecular weight excluding hydrogens is 400 g/mol. The van der Waals surface area contributed by atoms with Crippen molar-refractivity contribution in [3.05, 3.63) is 70.6 Å². The fourth-order valence-corrected chi connectivity index (χ4v) is 3.69. The second-order valence-electron chi connectivity index (χ2n) is 7.54. The summed E-state index contributed by atoms with van der Waals surface area (Å²) in [6, 6.07) is 15.1. The SMILES string of the molecule is Cc1ccccc1-c1nc(CN2CCN(C(=O)Nc3ccc(Cl)cc3)CC2)c(C)o1. The zero-order valence-corrected chi connectivity index (χ0v) is 17.9. The van der Waals surface area contributed by atoms with Gasteiger partial charge in [0, 0.05) is 49.0 Å². The van der Waals surface area contributed by atoms with Crippen LogP contribution in [0.5, 0.6) is 0 Å². The number of rotatable bonds is 4. The van der Waals surface area contributed by atoms with Gasteiger partial charge in [0.15, 0.2) is 0 Å². The van der Waals surface area contributed by atoms with Crippen LogP contribution in [0.25, 0.3) is 11.5 Å². The molecule has 1 saturated heterocycles. The maximum absolute atomic E-state index is 12.5. The Labute approximate surface area is 181 Å². The molecule has 1 aromatic heterocycles. The van der Waals surface area contributed by atoms with E-state index in [1.807, 2.05) is 30.0 Å². The molecule has 0 saturated carbocycles. The lowest BCUT2D eigenvalue weighted by Gasteiger charge is -2.34. The van der Waals surface area contributed by atoms with E-state index in [9.17, 15) is 4.79 Å². The molecule has 1 fully saturated rings. The summed E-state index contributed by atoms with van der Waals surface area (Å²) in [7, 11) is 0. The number of piperazine rings is 1. The Hall–Kier alpha value is -2.83. The highest BCUT2D eigenvalue weighted by atomic mass is 35.5. The van der Waals surface area contributed by atoms with Crippen molar-refractivity contribution in [2.45, 2.75) is 20.4 Å². The molecule has 0 bridgehead atoms. The molecule has 7 heteroatoms. The molecule has 2 aromatic carbocycles. The van der Waals surface area contributed by atoms with E-state index in [2.05, 4.69) is 23.2 Å². The number of aryl methyl sites for hydroxylation is 2. The Bertz CT molecular complexity index is 1020. The van der Waals surface area contributed by atoms with E-state index < -0.39 is 0 Å². The zero-order chi connectivity index (χ0) is 21.1. The summed E-state index contributed by atoms with van der Waals surface area (Å²) in [6.45, 7) is 7.65. The molecule has 0 spiro atoms. The Kier molecular flexibility index (Phi) is 6.06. The standard InChI is InChI=1S/C23H25ClN4O2/c1-16-5-3-4-6-20(16)22-26-21(17(2)30-22)15-27-11-13-28(14-12-27)23(29)25-19-9-7-18(24)8-10-19/h3-10H,11-15H2,1-2H3,(H,25,29). The van der Waals surface area contributed by atoms with Crippen LogP contribution < -0.4 is 5.32 Å². The number of oxazole rings is 1. The smallest absolute Gasteiger partial charge is 0.321 e. The Morgan fingerprint density at radius 1 is 1.07 bits per heavy atom. The van der Waals surface area contributed by atoms with E-state index in [1.54, 1.807) is 24.3 Å². The first-order chi connectivity index (χ1) is 14.5. The average Bonchev–Trinajstić information content (AvgIpc) is 3.10. The molecule has 2 amide bonds. The molecule has 30 heavy (non-hydrogen) atoms. The molecule has 1 aliphatic heterocycles. The van der Waals surface area contributed by atoms with Crippen molar-refractivity contribution >= 4 is 23.3 Å². The number of nitrogens with zero attached hydrogens (tertiary/aromatic N) is 3. The highest BCUT2D eigenvalue weighted by Gasteiger charge is 2.23. The van der Waals surface area contributed by atoms with Crippen LogP contribution in [-0.4, -0.2) is 47.0 Å². The van der Waals surface area contributed by atoms with Gasteiger partial charge < -0.3 is 14.6 Å². The number of hydrogen-bond acceptors (Lipinski definition) is 4. The third-order valence-electron chi connectivity index (χ3n) is 5.40. The van der Waals surface area contributed by atoms with Crippen LogP contribution in [0.4, 0.5) is 10.5 Å². The van der Waals surface area contributed by atoms with Crippen molar-refractivity contribution in [2.75, 3.05) is 31.5 Å². The van der Waals surface area contributed by atoms with Crippen LogP contribution in [0.3, 0.4) is 0 Å². The van der Waals surface area contributed by atoms with Crippen LogP contribution in [0.15, 0.2) is 52.9 Å². The highest BCUT2D eigenvalue weighted by molar-refractivity contribution is 6.30. The van der Waals surface area contributed by atoms with Crippen molar-refractivity contribution in [3.8, 4) is 11.5 Å². The zero-order valence-electron chi connectivity index (χ0n) is 17.2. The van der Waals surface area contributed by atoms with Crippen molar-refractivity contribution < 1.29 is 9.21 Å². The summed E-state index contributed by atoms with van der Waals surface area (Å²) in [5, 5.41) is 3.57. The van der Waals surface area contributed by atoms with Gasteiger partial charge in [0.1, 0.15) is 5.76 Å². The minimum Gasteiger partial charge on any atom is -0.441 e. The molecule has 0 radical (unpaired) electrons. The van der Waals surface area contributed by atoms with Crippen LogP contribution in [0, 0.1) is 13.8 Å². The highest BCUT2D eigenvalue weighted by Crippen LogP contribution is 2.25. The van der Waals surface area contributed by atoms with Crippen LogP contribution in [0.1, 0.15) is 17.0 Å². The molecule has 0 unspecified atom stereocenters. The number of benzene rings is 2. The number of nitrogens with one attached hydrogen (secondary N) is 1. The monoisotopic (exact) mass is 424 g/mol. The summed E-state index contributed by atoms with van der Waals surface area (Å²) < 4.78 is 5.94. The van der Waals surface area contributed by atoms with Gasteiger partial charge in [-0.3, -0.25) is 4.90 Å². The number of amides is 2. The van der Waals surface area contributed by atoms with Crippen LogP contribution in [-0.2, 0) is 6.54 Å². The lowest BCUT2D eigenvalue weighted by atomic mass is 10.1. The van der Waals surface area contributed by atoms with Gasteiger partial charge in [0.2, 0.25) is 5.89 Å². The first-order valence-corrected chi connectivity index (χ1v) is 10.4. The van der Waals surface area contributed by atoms with E-state index in [0.29, 0.717) is 30.5 Å². The number of carbonyl (C=O) groups excluding carboxylic acids is 1. The quantitative estimate of drug-likeness (QED) is 0.642. The van der Waals surface area contributed by atoms with E-state index in [-0.39, 0.29) is 6.03 Å². The predicted octanol–water partition coefficient (Wildman–Crippen LogP) is 4.96. The van der Waals surface area contributed by atoms with Crippen molar-refractivity contribution in [1.82, 2.24) is 14.8 Å². The van der Waals surface area contributed by atoms with Gasteiger partial charge in [-0.15, -0.1) is 0 Å². The largest absolute Gasteiger partial charge is 0.441 e. The van der Waals surface area contributed by atoms with Gasteiger partial charge >= 0.3 is 6.03 Å². The second kappa shape index (κ2) is 8.90. The molecular formula is C23H25ClN4O2. The summed E-state index contributed by atoms with van der Waals surface area (Å²) in [5.41, 5.74) is 3.86. The first kappa shape index (κ1) is 20.4. The molecule has 2 heterocycles. The number of halogens is 1. The minimum absolute atomic E-state index is 0.0866. The molecule has 0 atom stereocenters. The lowest BCUT2D eigenvalue weighted by molar-refractivity contribution is 0.141. The third-order valence-corrected chi connectivity index (χ3v) is 5.65. The maximum Gasteiger partial charge on any atom is 0.321 e. The molecule has 3 aromatic rings. The number of hydrogen-bond donors (Lipinski definition) is 1. The fraction of sp³-hybridized carbons (Fsp3) is 0.304. The van der Waals surface area contributed by atoms with E-state index in [0.717, 1.165) is 41.4 Å². The summed E-state index contributed by atoms with van der Waals surface area (Å²) in [6.07, 6.45) is 0. The number of anilines is 1. The first-order valence-electron chi connectivity index (χ1n) is 10.1. The van der Waals surface area contributed by atoms with Crippen LogP contribution >= 0.6 is 11.6 Å². The second-order valence-corrected chi connectivity index (χ2v) is 7.97. The predicted molar refractivity (Wildman–Crippen MR) is 119 cm³/mol. The molecule has 156 valence electrons. The van der Waals surface area contributed by atoms with Gasteiger partial charge in [-0.05, 0) is 49.7 Å². The van der Waals surface area contributed by atoms with Gasteiger partial charge in [0.05, 0.1) is 5.69 Å². The average molecular weight is 425 g/mol. The fourth-order valence-electron chi connectivity index (χ4n) is 3.56. The summed E-state index contributed by atoms with van der Waals surface area (Å²) >= 11 is 5.89. The molecule has 1 N–H and O–H groups in total.